The number of nitrogens with zero attached hydrogens (tertiary/aromatic N) is 1. The highest BCUT2D eigenvalue weighted by Crippen LogP contribution is 2.35. The van der Waals surface area contributed by atoms with Crippen molar-refractivity contribution in [1.82, 2.24) is 4.90 Å². The molecule has 1 aliphatic carbocycles. The first-order chi connectivity index (χ1) is 8.40. The number of benzene rings is 1. The molecule has 2 N–H and O–H groups in total. The molecule has 1 unspecified atom stereocenters. The topological polar surface area (TPSA) is 29.3 Å². The van der Waals surface area contributed by atoms with Crippen molar-refractivity contribution >= 4 is 0 Å². The number of rotatable bonds is 2. The Bertz CT molecular complexity index is 382. The Hall–Kier alpha value is -0.860. The van der Waals surface area contributed by atoms with Crippen LogP contribution in [0.3, 0.4) is 0 Å². The van der Waals surface area contributed by atoms with Gasteiger partial charge < -0.3 is 5.73 Å². The number of hydrogen-bond acceptors (Lipinski definition) is 2. The molecule has 0 spiro atoms. The second kappa shape index (κ2) is 4.79. The molecule has 0 radical (unpaired) electrons. The molecular weight excluding hydrogens is 208 g/mol. The smallest absolute Gasteiger partial charge is 0.0476 e. The maximum atomic E-state index is 6.03. The zero-order valence-corrected chi connectivity index (χ0v) is 10.4. The van der Waals surface area contributed by atoms with Crippen molar-refractivity contribution in [2.45, 2.75) is 44.2 Å². The molecule has 2 heteroatoms. The summed E-state index contributed by atoms with van der Waals surface area (Å²) in [5, 5.41) is 0. The molecule has 1 aromatic rings. The lowest BCUT2D eigenvalue weighted by atomic mass is 9.91. The van der Waals surface area contributed by atoms with Gasteiger partial charge in [-0.1, -0.05) is 37.1 Å². The van der Waals surface area contributed by atoms with Gasteiger partial charge in [-0.15, -0.1) is 0 Å². The second-order valence-corrected chi connectivity index (χ2v) is 5.38. The molecular formula is C15H22N2. The molecule has 1 aromatic carbocycles. The number of fused-ring (bicyclic) bond motifs is 1. The first-order valence-electron chi connectivity index (χ1n) is 6.94. The predicted octanol–water partition coefficient (Wildman–Crippen LogP) is 2.49. The van der Waals surface area contributed by atoms with Gasteiger partial charge in [0.2, 0.25) is 0 Å². The van der Waals surface area contributed by atoms with E-state index < -0.39 is 0 Å². The minimum Gasteiger partial charge on any atom is -0.329 e. The first kappa shape index (κ1) is 11.2. The van der Waals surface area contributed by atoms with Gasteiger partial charge in [0.1, 0.15) is 0 Å². The average Bonchev–Trinajstić information content (AvgIpc) is 2.91. The van der Waals surface area contributed by atoms with Crippen LogP contribution >= 0.6 is 0 Å². The molecule has 1 fully saturated rings. The lowest BCUT2D eigenvalue weighted by molar-refractivity contribution is 0.129. The molecule has 2 nitrogen and oxygen atoms in total. The highest BCUT2D eigenvalue weighted by molar-refractivity contribution is 5.33. The van der Waals surface area contributed by atoms with Gasteiger partial charge in [-0.25, -0.2) is 0 Å². The predicted molar refractivity (Wildman–Crippen MR) is 70.9 cm³/mol. The number of nitrogens with two attached hydrogens (primary N) is 1. The molecule has 3 rings (SSSR count). The van der Waals surface area contributed by atoms with E-state index in [1.165, 1.54) is 49.8 Å². The van der Waals surface area contributed by atoms with Crippen molar-refractivity contribution in [1.29, 1.82) is 0 Å². The first-order valence-corrected chi connectivity index (χ1v) is 6.94. The van der Waals surface area contributed by atoms with Gasteiger partial charge in [-0.3, -0.25) is 4.90 Å². The van der Waals surface area contributed by atoms with Crippen LogP contribution in [0, 0.1) is 0 Å². The molecule has 0 bridgehead atoms. The Labute approximate surface area is 104 Å². The molecule has 0 saturated heterocycles. The summed E-state index contributed by atoms with van der Waals surface area (Å²) in [5.74, 6) is 0. The summed E-state index contributed by atoms with van der Waals surface area (Å²) in [6.07, 6.45) is 6.75. The van der Waals surface area contributed by atoms with Crippen LogP contribution in [0.15, 0.2) is 24.3 Å². The highest BCUT2D eigenvalue weighted by atomic mass is 15.2. The van der Waals surface area contributed by atoms with E-state index in [0.717, 1.165) is 12.6 Å². The van der Waals surface area contributed by atoms with Gasteiger partial charge in [0.05, 0.1) is 0 Å². The maximum Gasteiger partial charge on any atom is 0.0476 e. The van der Waals surface area contributed by atoms with E-state index in [0.29, 0.717) is 6.04 Å². The van der Waals surface area contributed by atoms with Crippen LogP contribution in [-0.4, -0.2) is 24.0 Å². The van der Waals surface area contributed by atoms with Gasteiger partial charge in [0.15, 0.2) is 0 Å². The van der Waals surface area contributed by atoms with Crippen LogP contribution in [0.2, 0.25) is 0 Å². The summed E-state index contributed by atoms with van der Waals surface area (Å²) in [6.45, 7) is 1.96. The SMILES string of the molecule is NCC1c2ccccc2CCN1C1CCCC1. The Morgan fingerprint density at radius 3 is 2.71 bits per heavy atom. The molecule has 1 aliphatic heterocycles. The van der Waals surface area contributed by atoms with Crippen LogP contribution in [0.4, 0.5) is 0 Å². The zero-order valence-electron chi connectivity index (χ0n) is 10.4. The van der Waals surface area contributed by atoms with Crippen molar-refractivity contribution in [3.05, 3.63) is 35.4 Å². The normalized spacial score (nSPS) is 26.1. The monoisotopic (exact) mass is 230 g/mol. The molecule has 0 aromatic heterocycles. The van der Waals surface area contributed by atoms with E-state index in [2.05, 4.69) is 29.2 Å². The van der Waals surface area contributed by atoms with Crippen LogP contribution in [0.25, 0.3) is 0 Å². The third-order valence-electron chi connectivity index (χ3n) is 4.47. The Morgan fingerprint density at radius 1 is 1.18 bits per heavy atom. The van der Waals surface area contributed by atoms with Crippen LogP contribution in [-0.2, 0) is 6.42 Å². The summed E-state index contributed by atoms with van der Waals surface area (Å²) in [4.78, 5) is 2.68. The maximum absolute atomic E-state index is 6.03. The molecule has 2 aliphatic rings. The van der Waals surface area contributed by atoms with Crippen molar-refractivity contribution in [3.8, 4) is 0 Å². The molecule has 0 amide bonds. The fraction of sp³-hybridized carbons (Fsp3) is 0.600. The van der Waals surface area contributed by atoms with Gasteiger partial charge in [0, 0.05) is 25.2 Å². The van der Waals surface area contributed by atoms with E-state index in [9.17, 15) is 0 Å². The molecule has 1 atom stereocenters. The Morgan fingerprint density at radius 2 is 1.94 bits per heavy atom. The zero-order chi connectivity index (χ0) is 11.7. The lowest BCUT2D eigenvalue weighted by Crippen LogP contribution is -2.44. The third kappa shape index (κ3) is 2.00. The van der Waals surface area contributed by atoms with E-state index in [1.807, 2.05) is 0 Å². The molecule has 1 heterocycles. The molecule has 17 heavy (non-hydrogen) atoms. The summed E-state index contributed by atoms with van der Waals surface area (Å²) in [6, 6.07) is 10.1. The summed E-state index contributed by atoms with van der Waals surface area (Å²) >= 11 is 0. The standard InChI is InChI=1S/C15H22N2/c16-11-15-14-8-4-1-5-12(14)9-10-17(15)13-6-2-3-7-13/h1,4-5,8,13,15H,2-3,6-7,9-11,16H2. The van der Waals surface area contributed by atoms with Crippen LogP contribution < -0.4 is 5.73 Å². The third-order valence-corrected chi connectivity index (χ3v) is 4.47. The van der Waals surface area contributed by atoms with Crippen LogP contribution in [0.1, 0.15) is 42.9 Å². The Balaban J connectivity index is 1.88. The van der Waals surface area contributed by atoms with Crippen molar-refractivity contribution in [2.24, 2.45) is 5.73 Å². The van der Waals surface area contributed by atoms with E-state index in [4.69, 9.17) is 5.73 Å². The van der Waals surface area contributed by atoms with Gasteiger partial charge >= 0.3 is 0 Å². The van der Waals surface area contributed by atoms with Crippen molar-refractivity contribution in [3.63, 3.8) is 0 Å². The number of hydrogen-bond donors (Lipinski definition) is 1. The highest BCUT2D eigenvalue weighted by Gasteiger charge is 2.32. The second-order valence-electron chi connectivity index (χ2n) is 5.38. The van der Waals surface area contributed by atoms with E-state index >= 15 is 0 Å². The van der Waals surface area contributed by atoms with Gasteiger partial charge in [-0.2, -0.15) is 0 Å². The fourth-order valence-corrected chi connectivity index (χ4v) is 3.61. The largest absolute Gasteiger partial charge is 0.329 e. The fourth-order valence-electron chi connectivity index (χ4n) is 3.61. The van der Waals surface area contributed by atoms with Gasteiger partial charge in [0.25, 0.3) is 0 Å². The Kier molecular flexibility index (Phi) is 3.17. The van der Waals surface area contributed by atoms with Crippen molar-refractivity contribution < 1.29 is 0 Å². The van der Waals surface area contributed by atoms with Crippen LogP contribution in [0.5, 0.6) is 0 Å². The lowest BCUT2D eigenvalue weighted by Gasteiger charge is -2.40. The summed E-state index contributed by atoms with van der Waals surface area (Å²) < 4.78 is 0. The van der Waals surface area contributed by atoms with Crippen molar-refractivity contribution in [2.75, 3.05) is 13.1 Å². The van der Waals surface area contributed by atoms with Gasteiger partial charge in [-0.05, 0) is 30.4 Å². The summed E-state index contributed by atoms with van der Waals surface area (Å²) in [7, 11) is 0. The summed E-state index contributed by atoms with van der Waals surface area (Å²) in [5.41, 5.74) is 9.03. The minimum absolute atomic E-state index is 0.461. The quantitative estimate of drug-likeness (QED) is 0.845. The molecule has 92 valence electrons. The molecule has 1 saturated carbocycles. The average molecular weight is 230 g/mol. The minimum atomic E-state index is 0.461. The van der Waals surface area contributed by atoms with E-state index in [-0.39, 0.29) is 0 Å². The van der Waals surface area contributed by atoms with E-state index in [1.54, 1.807) is 0 Å².